The molecule has 0 unspecified atom stereocenters. The van der Waals surface area contributed by atoms with E-state index in [1.165, 1.54) is 30.4 Å². The van der Waals surface area contributed by atoms with E-state index in [0.717, 1.165) is 24.8 Å². The van der Waals surface area contributed by atoms with Crippen LogP contribution in [-0.2, 0) is 33.6 Å². The highest BCUT2D eigenvalue weighted by atomic mass is 16.5. The van der Waals surface area contributed by atoms with E-state index in [4.69, 9.17) is 4.74 Å². The van der Waals surface area contributed by atoms with Gasteiger partial charge in [-0.2, -0.15) is 0 Å². The largest absolute Gasteiger partial charge is 0.378 e. The van der Waals surface area contributed by atoms with Gasteiger partial charge in [0, 0.05) is 32.1 Å². The number of morpholine rings is 1. The lowest BCUT2D eigenvalue weighted by atomic mass is 9.89. The first-order valence-corrected chi connectivity index (χ1v) is 10.5. The van der Waals surface area contributed by atoms with Crippen molar-refractivity contribution in [2.24, 2.45) is 5.92 Å². The van der Waals surface area contributed by atoms with E-state index >= 15 is 0 Å². The molecule has 1 aliphatic carbocycles. The molecule has 0 radical (unpaired) electrons. The molecule has 5 nitrogen and oxygen atoms in total. The van der Waals surface area contributed by atoms with Crippen LogP contribution in [0, 0.1) is 5.92 Å². The van der Waals surface area contributed by atoms with Crippen LogP contribution in [-0.4, -0.2) is 61.0 Å². The Morgan fingerprint density at radius 1 is 0.926 bits per heavy atom. The first-order valence-electron chi connectivity index (χ1n) is 10.5. The number of fused-ring (bicyclic) bond motifs is 1. The fourth-order valence-corrected chi connectivity index (χ4v) is 4.60. The minimum Gasteiger partial charge on any atom is -0.378 e. The number of benzene rings is 1. The van der Waals surface area contributed by atoms with E-state index in [1.807, 2.05) is 9.80 Å². The van der Waals surface area contributed by atoms with Gasteiger partial charge < -0.3 is 14.5 Å². The van der Waals surface area contributed by atoms with E-state index in [9.17, 15) is 9.59 Å². The van der Waals surface area contributed by atoms with Crippen LogP contribution in [0.5, 0.6) is 0 Å². The highest BCUT2D eigenvalue weighted by Gasteiger charge is 2.30. The lowest BCUT2D eigenvalue weighted by Gasteiger charge is -2.35. The fourth-order valence-electron chi connectivity index (χ4n) is 4.60. The Balaban J connectivity index is 1.29. The van der Waals surface area contributed by atoms with Crippen molar-refractivity contribution < 1.29 is 14.3 Å². The van der Waals surface area contributed by atoms with Crippen molar-refractivity contribution in [1.29, 1.82) is 0 Å². The Morgan fingerprint density at radius 3 is 2.37 bits per heavy atom. The van der Waals surface area contributed by atoms with Crippen LogP contribution in [0.15, 0.2) is 18.2 Å². The smallest absolute Gasteiger partial charge is 0.226 e. The minimum atomic E-state index is 0.0656. The molecule has 0 N–H and O–H groups in total. The van der Waals surface area contributed by atoms with Gasteiger partial charge in [0.2, 0.25) is 11.8 Å². The molecule has 2 aliphatic heterocycles. The second kappa shape index (κ2) is 8.42. The predicted molar refractivity (Wildman–Crippen MR) is 103 cm³/mol. The number of nitrogens with zero attached hydrogens (tertiary/aromatic N) is 2. The van der Waals surface area contributed by atoms with E-state index in [2.05, 4.69) is 18.2 Å². The van der Waals surface area contributed by atoms with E-state index in [-0.39, 0.29) is 17.7 Å². The number of amides is 2. The van der Waals surface area contributed by atoms with Crippen LogP contribution < -0.4 is 0 Å². The zero-order chi connectivity index (χ0) is 18.6. The molecule has 0 bridgehead atoms. The summed E-state index contributed by atoms with van der Waals surface area (Å²) in [7, 11) is 0. The van der Waals surface area contributed by atoms with Crippen molar-refractivity contribution in [3.63, 3.8) is 0 Å². The third-order valence-electron chi connectivity index (χ3n) is 6.29. The Morgan fingerprint density at radius 2 is 1.63 bits per heavy atom. The number of aryl methyl sites for hydroxylation is 2. The van der Waals surface area contributed by atoms with Crippen molar-refractivity contribution in [3.8, 4) is 0 Å². The fraction of sp³-hybridized carbons (Fsp3) is 0.636. The molecule has 0 aromatic heterocycles. The molecular formula is C22H30N2O3. The summed E-state index contributed by atoms with van der Waals surface area (Å²) < 4.78 is 5.33. The number of hydrogen-bond donors (Lipinski definition) is 0. The van der Waals surface area contributed by atoms with Crippen LogP contribution in [0.1, 0.15) is 42.4 Å². The van der Waals surface area contributed by atoms with Crippen LogP contribution in [0.25, 0.3) is 0 Å². The van der Waals surface area contributed by atoms with Gasteiger partial charge in [0.05, 0.1) is 19.6 Å². The molecule has 2 heterocycles. The topological polar surface area (TPSA) is 49.9 Å². The van der Waals surface area contributed by atoms with Crippen molar-refractivity contribution >= 4 is 11.8 Å². The zero-order valence-electron chi connectivity index (χ0n) is 16.1. The highest BCUT2D eigenvalue weighted by molar-refractivity contribution is 5.81. The van der Waals surface area contributed by atoms with E-state index < -0.39 is 0 Å². The molecule has 1 aromatic rings. The van der Waals surface area contributed by atoms with Gasteiger partial charge in [-0.05, 0) is 55.2 Å². The van der Waals surface area contributed by atoms with E-state index in [1.54, 1.807) is 0 Å². The van der Waals surface area contributed by atoms with Gasteiger partial charge in [-0.3, -0.25) is 9.59 Å². The number of likely N-dealkylation sites (tertiary alicyclic amines) is 1. The second-order valence-corrected chi connectivity index (χ2v) is 8.08. The number of carbonyl (C=O) groups excluding carboxylic acids is 2. The number of hydrogen-bond acceptors (Lipinski definition) is 3. The molecule has 2 saturated heterocycles. The quantitative estimate of drug-likeness (QED) is 0.820. The van der Waals surface area contributed by atoms with E-state index in [0.29, 0.717) is 45.8 Å². The van der Waals surface area contributed by atoms with Crippen LogP contribution in [0.4, 0.5) is 0 Å². The van der Waals surface area contributed by atoms with Gasteiger partial charge in [-0.25, -0.2) is 0 Å². The molecule has 0 atom stereocenters. The molecule has 0 spiro atoms. The maximum Gasteiger partial charge on any atom is 0.226 e. The SMILES string of the molecule is O=C(Cc1ccc2c(c1)CCCC2)N1CCC(C(=O)N2CCOCC2)CC1. The number of carbonyl (C=O) groups is 2. The van der Waals surface area contributed by atoms with Gasteiger partial charge in [0.15, 0.2) is 0 Å². The molecule has 1 aromatic carbocycles. The Kier molecular flexibility index (Phi) is 5.77. The summed E-state index contributed by atoms with van der Waals surface area (Å²) in [5.41, 5.74) is 4.02. The maximum atomic E-state index is 12.7. The average molecular weight is 370 g/mol. The molecule has 3 aliphatic rings. The Hall–Kier alpha value is -1.88. The van der Waals surface area contributed by atoms with Gasteiger partial charge in [0.1, 0.15) is 0 Å². The summed E-state index contributed by atoms with van der Waals surface area (Å²) in [6.45, 7) is 4.09. The minimum absolute atomic E-state index is 0.0656. The molecule has 5 heteroatoms. The summed E-state index contributed by atoms with van der Waals surface area (Å²) in [6, 6.07) is 6.57. The van der Waals surface area contributed by atoms with Crippen LogP contribution >= 0.6 is 0 Å². The normalized spacial score (nSPS) is 21.0. The van der Waals surface area contributed by atoms with Crippen LogP contribution in [0.3, 0.4) is 0 Å². The van der Waals surface area contributed by atoms with Crippen molar-refractivity contribution in [2.75, 3.05) is 39.4 Å². The summed E-state index contributed by atoms with van der Waals surface area (Å²) in [4.78, 5) is 29.2. The summed E-state index contributed by atoms with van der Waals surface area (Å²) >= 11 is 0. The first-order chi connectivity index (χ1) is 13.2. The molecule has 2 fully saturated rings. The summed E-state index contributed by atoms with van der Waals surface area (Å²) in [5, 5.41) is 0. The summed E-state index contributed by atoms with van der Waals surface area (Å²) in [6.07, 6.45) is 6.91. The van der Waals surface area contributed by atoms with Gasteiger partial charge in [0.25, 0.3) is 0 Å². The average Bonchev–Trinajstić information content (AvgIpc) is 2.74. The standard InChI is InChI=1S/C22H30N2O3/c25-21(16-17-5-6-18-3-1-2-4-20(18)15-17)23-9-7-19(8-10-23)22(26)24-11-13-27-14-12-24/h5-6,15,19H,1-4,7-14,16H2. The molecular weight excluding hydrogens is 340 g/mol. The predicted octanol–water partition coefficient (Wildman–Crippen LogP) is 2.21. The van der Waals surface area contributed by atoms with Crippen molar-refractivity contribution in [3.05, 3.63) is 34.9 Å². The highest BCUT2D eigenvalue weighted by Crippen LogP contribution is 2.24. The second-order valence-electron chi connectivity index (χ2n) is 8.08. The number of ether oxygens (including phenoxy) is 1. The lowest BCUT2D eigenvalue weighted by Crippen LogP contribution is -2.47. The number of piperidine rings is 1. The lowest BCUT2D eigenvalue weighted by molar-refractivity contribution is -0.143. The van der Waals surface area contributed by atoms with Crippen LogP contribution in [0.2, 0.25) is 0 Å². The first kappa shape index (κ1) is 18.5. The van der Waals surface area contributed by atoms with Gasteiger partial charge in [-0.15, -0.1) is 0 Å². The van der Waals surface area contributed by atoms with Crippen molar-refractivity contribution in [1.82, 2.24) is 9.80 Å². The molecule has 27 heavy (non-hydrogen) atoms. The maximum absolute atomic E-state index is 12.7. The molecule has 146 valence electrons. The van der Waals surface area contributed by atoms with Gasteiger partial charge in [-0.1, -0.05) is 18.2 Å². The third-order valence-corrected chi connectivity index (χ3v) is 6.29. The number of rotatable bonds is 3. The summed E-state index contributed by atoms with van der Waals surface area (Å²) in [5.74, 6) is 0.513. The Labute approximate surface area is 161 Å². The van der Waals surface area contributed by atoms with Crippen molar-refractivity contribution in [2.45, 2.75) is 44.9 Å². The monoisotopic (exact) mass is 370 g/mol. The zero-order valence-corrected chi connectivity index (χ0v) is 16.1. The molecule has 0 saturated carbocycles. The third kappa shape index (κ3) is 4.34. The molecule has 2 amide bonds. The van der Waals surface area contributed by atoms with Gasteiger partial charge >= 0.3 is 0 Å². The molecule has 4 rings (SSSR count). The Bertz CT molecular complexity index is 689.